The van der Waals surface area contributed by atoms with Gasteiger partial charge >= 0.3 is 0 Å². The smallest absolute Gasteiger partial charge is 0.259 e. The van der Waals surface area contributed by atoms with Crippen molar-refractivity contribution in [2.24, 2.45) is 0 Å². The number of aromatic nitrogens is 3. The maximum Gasteiger partial charge on any atom is 0.259 e. The third-order valence-electron chi connectivity index (χ3n) is 8.05. The molecule has 7 atom stereocenters. The molecule has 1 aliphatic carbocycles. The summed E-state index contributed by atoms with van der Waals surface area (Å²) in [7, 11) is 1.31. The number of nitriles is 1. The van der Waals surface area contributed by atoms with E-state index < -0.39 is 66.8 Å². The number of carbonyl (C=O) groups excluding carboxylic acids is 1. The zero-order chi connectivity index (χ0) is 31.0. The molecule has 2 aromatic carbocycles. The number of amides is 1. The molecule has 11 nitrogen and oxygen atoms in total. The number of rotatable bonds is 7. The maximum atomic E-state index is 14.7. The third kappa shape index (κ3) is 5.81. The van der Waals surface area contributed by atoms with Crippen LogP contribution in [0.5, 0.6) is 0 Å². The first-order valence-electron chi connectivity index (χ1n) is 13.6. The van der Waals surface area contributed by atoms with Crippen molar-refractivity contribution < 1.29 is 38.4 Å². The monoisotopic (exact) mass is 661 g/mol. The van der Waals surface area contributed by atoms with Gasteiger partial charge in [-0.25, -0.2) is 13.5 Å². The van der Waals surface area contributed by atoms with Gasteiger partial charge in [-0.15, -0.1) is 5.10 Å². The van der Waals surface area contributed by atoms with Crippen LogP contribution < -0.4 is 4.90 Å². The third-order valence-corrected chi connectivity index (χ3v) is 8.51. The largest absolute Gasteiger partial charge is 0.394 e. The van der Waals surface area contributed by atoms with Gasteiger partial charge in [-0.2, -0.15) is 5.26 Å². The number of benzene rings is 2. The second-order valence-corrected chi connectivity index (χ2v) is 11.6. The first-order chi connectivity index (χ1) is 20.6. The lowest BCUT2D eigenvalue weighted by Crippen LogP contribution is -2.62. The number of methoxy groups -OCH3 is 1. The molecule has 1 saturated heterocycles. The van der Waals surface area contributed by atoms with Crippen LogP contribution >= 0.6 is 15.9 Å². The minimum Gasteiger partial charge on any atom is -0.394 e. The van der Waals surface area contributed by atoms with Gasteiger partial charge in [0, 0.05) is 22.8 Å². The summed E-state index contributed by atoms with van der Waals surface area (Å²) < 4.78 is 42.4. The SMILES string of the molecule is COC1C(C(=O)N(c2cc(Br)cc(C#N)c2)[C@@H]2CCC[C@H]2O)OC(CO)C(O)C1n1cc(-c2ccc(C)c(F)c2F)nn1. The van der Waals surface area contributed by atoms with Crippen LogP contribution in [-0.4, -0.2) is 86.5 Å². The van der Waals surface area contributed by atoms with Crippen LogP contribution in [0, 0.1) is 29.9 Å². The van der Waals surface area contributed by atoms with E-state index >= 15 is 0 Å². The summed E-state index contributed by atoms with van der Waals surface area (Å²) in [6.45, 7) is 0.759. The highest BCUT2D eigenvalue weighted by Crippen LogP contribution is 2.37. The molecule has 5 rings (SSSR count). The summed E-state index contributed by atoms with van der Waals surface area (Å²) in [5, 5.41) is 49.7. The predicted octanol–water partition coefficient (Wildman–Crippen LogP) is 2.79. The molecule has 1 amide bonds. The molecule has 14 heteroatoms. The van der Waals surface area contributed by atoms with Crippen LogP contribution in [0.15, 0.2) is 41.0 Å². The Morgan fingerprint density at radius 3 is 2.67 bits per heavy atom. The molecule has 43 heavy (non-hydrogen) atoms. The van der Waals surface area contributed by atoms with E-state index in [0.717, 1.165) is 0 Å². The zero-order valence-electron chi connectivity index (χ0n) is 23.3. The van der Waals surface area contributed by atoms with E-state index in [1.165, 1.54) is 48.0 Å². The molecule has 1 aromatic heterocycles. The maximum absolute atomic E-state index is 14.7. The van der Waals surface area contributed by atoms with Crippen molar-refractivity contribution in [2.45, 2.75) is 68.8 Å². The number of aryl methyl sites for hydroxylation is 1. The van der Waals surface area contributed by atoms with Gasteiger partial charge in [0.1, 0.15) is 30.0 Å². The summed E-state index contributed by atoms with van der Waals surface area (Å²) in [6, 6.07) is 7.76. The van der Waals surface area contributed by atoms with E-state index in [1.807, 2.05) is 0 Å². The number of halogens is 3. The Kier molecular flexibility index (Phi) is 9.21. The van der Waals surface area contributed by atoms with E-state index in [2.05, 4.69) is 32.3 Å². The molecule has 0 bridgehead atoms. The topological polar surface area (TPSA) is 154 Å². The number of ether oxygens (including phenoxy) is 2. The number of hydrogen-bond acceptors (Lipinski definition) is 9. The quantitative estimate of drug-likeness (QED) is 0.347. The molecule has 1 aliphatic heterocycles. The van der Waals surface area contributed by atoms with Crippen LogP contribution in [0.25, 0.3) is 11.3 Å². The van der Waals surface area contributed by atoms with E-state index in [9.17, 15) is 34.2 Å². The van der Waals surface area contributed by atoms with E-state index in [0.29, 0.717) is 29.4 Å². The second-order valence-electron chi connectivity index (χ2n) is 10.7. The molecule has 3 aromatic rings. The summed E-state index contributed by atoms with van der Waals surface area (Å²) >= 11 is 3.38. The molecule has 2 aliphatic rings. The fourth-order valence-corrected chi connectivity index (χ4v) is 6.35. The zero-order valence-corrected chi connectivity index (χ0v) is 24.9. The summed E-state index contributed by atoms with van der Waals surface area (Å²) in [6.07, 6.45) is -3.30. The Hall–Kier alpha value is -3.32. The normalized spacial score (nSPS) is 27.2. The van der Waals surface area contributed by atoms with Crippen LogP contribution in [0.1, 0.15) is 36.4 Å². The van der Waals surface area contributed by atoms with Crippen LogP contribution in [-0.2, 0) is 14.3 Å². The van der Waals surface area contributed by atoms with E-state index in [1.54, 1.807) is 12.1 Å². The highest BCUT2D eigenvalue weighted by Gasteiger charge is 2.52. The summed E-state index contributed by atoms with van der Waals surface area (Å²) in [5.41, 5.74) is 0.551. The molecular weight excluding hydrogens is 632 g/mol. The van der Waals surface area contributed by atoms with Gasteiger partial charge < -0.3 is 29.7 Å². The molecular formula is C29H30BrF2N5O6. The number of nitrogens with zero attached hydrogens (tertiary/aromatic N) is 5. The lowest BCUT2D eigenvalue weighted by atomic mass is 9.91. The number of aliphatic hydroxyl groups excluding tert-OH is 3. The van der Waals surface area contributed by atoms with Gasteiger partial charge in [-0.1, -0.05) is 27.2 Å². The van der Waals surface area contributed by atoms with Crippen molar-refractivity contribution in [2.75, 3.05) is 18.6 Å². The fraction of sp³-hybridized carbons (Fsp3) is 0.448. The second kappa shape index (κ2) is 12.7. The highest BCUT2D eigenvalue weighted by atomic mass is 79.9. The highest BCUT2D eigenvalue weighted by molar-refractivity contribution is 9.10. The first-order valence-corrected chi connectivity index (χ1v) is 14.4. The molecule has 1 saturated carbocycles. The van der Waals surface area contributed by atoms with Gasteiger partial charge in [0.25, 0.3) is 5.91 Å². The van der Waals surface area contributed by atoms with Crippen molar-refractivity contribution >= 4 is 27.5 Å². The van der Waals surface area contributed by atoms with E-state index in [-0.39, 0.29) is 22.4 Å². The summed E-state index contributed by atoms with van der Waals surface area (Å²) in [4.78, 5) is 15.8. The lowest BCUT2D eigenvalue weighted by molar-refractivity contribution is -0.211. The first kappa shape index (κ1) is 31.1. The average Bonchev–Trinajstić information content (AvgIpc) is 3.64. The van der Waals surface area contributed by atoms with Crippen molar-refractivity contribution in [3.8, 4) is 17.3 Å². The van der Waals surface area contributed by atoms with Crippen molar-refractivity contribution in [3.63, 3.8) is 0 Å². The average molecular weight is 662 g/mol. The minimum absolute atomic E-state index is 0.0257. The molecule has 228 valence electrons. The van der Waals surface area contributed by atoms with Gasteiger partial charge in [-0.05, 0) is 56.0 Å². The van der Waals surface area contributed by atoms with Crippen LogP contribution in [0.2, 0.25) is 0 Å². The standard InChI is InChI=1S/C29H30BrF2N5O6/c1-14-6-7-18(24(32)23(14)31)19-12-36(35-34-19)25-26(40)22(13-38)43-28(27(25)42-2)29(41)37(20-4-3-5-21(20)39)17-9-15(11-33)8-16(30)10-17/h6-10,12,20-22,25-28,38-40H,3-5,13H2,1-2H3/t20-,21-,22?,25?,26?,27?,28?/m1/s1. The minimum atomic E-state index is -1.45. The van der Waals surface area contributed by atoms with Gasteiger partial charge in [0.2, 0.25) is 0 Å². The predicted molar refractivity (Wildman–Crippen MR) is 152 cm³/mol. The molecule has 2 heterocycles. The Morgan fingerprint density at radius 1 is 1.26 bits per heavy atom. The number of aliphatic hydroxyl groups is 3. The Labute approximate surface area is 254 Å². The lowest BCUT2D eigenvalue weighted by Gasteiger charge is -2.45. The number of anilines is 1. The van der Waals surface area contributed by atoms with Crippen molar-refractivity contribution in [1.82, 2.24) is 15.0 Å². The Bertz CT molecular complexity index is 1550. The van der Waals surface area contributed by atoms with Crippen LogP contribution in [0.3, 0.4) is 0 Å². The molecule has 3 N–H and O–H groups in total. The molecule has 0 spiro atoms. The fourth-order valence-electron chi connectivity index (χ4n) is 5.87. The molecule has 5 unspecified atom stereocenters. The van der Waals surface area contributed by atoms with Crippen molar-refractivity contribution in [3.05, 3.63) is 63.8 Å². The number of hydrogen-bond donors (Lipinski definition) is 3. The Morgan fingerprint density at radius 2 is 2.02 bits per heavy atom. The van der Waals surface area contributed by atoms with E-state index in [4.69, 9.17) is 9.47 Å². The molecule has 2 fully saturated rings. The summed E-state index contributed by atoms with van der Waals surface area (Å²) in [5.74, 6) is -2.77. The number of carbonyl (C=O) groups is 1. The van der Waals surface area contributed by atoms with Crippen molar-refractivity contribution in [1.29, 1.82) is 5.26 Å². The van der Waals surface area contributed by atoms with Gasteiger partial charge in [0.15, 0.2) is 17.7 Å². The van der Waals surface area contributed by atoms with Gasteiger partial charge in [-0.3, -0.25) is 4.79 Å². The van der Waals surface area contributed by atoms with Crippen LogP contribution in [0.4, 0.5) is 14.5 Å². The molecule has 0 radical (unpaired) electrons. The Balaban J connectivity index is 1.56. The van der Waals surface area contributed by atoms with Gasteiger partial charge in [0.05, 0.1) is 36.6 Å².